The SMILES string of the molecule is CCC(CN(C)C(=O)C(=O)Nc1ccc(Oc2ccnc3cc(OCC4CCNCC4)c(OC)cc23)c(F)c1)c1ccccc1. The number of hydrogen-bond acceptors (Lipinski definition) is 7. The lowest BCUT2D eigenvalue weighted by Crippen LogP contribution is -2.39. The molecule has 0 radical (unpaired) electrons. The van der Waals surface area contributed by atoms with E-state index < -0.39 is 17.6 Å². The van der Waals surface area contributed by atoms with Gasteiger partial charge in [0.2, 0.25) is 0 Å². The van der Waals surface area contributed by atoms with Crippen LogP contribution in [0.5, 0.6) is 23.0 Å². The molecule has 0 spiro atoms. The van der Waals surface area contributed by atoms with Gasteiger partial charge in [-0.25, -0.2) is 4.39 Å². The Balaban J connectivity index is 1.24. The highest BCUT2D eigenvalue weighted by atomic mass is 19.1. The molecule has 4 aromatic rings. The van der Waals surface area contributed by atoms with Crippen LogP contribution < -0.4 is 24.8 Å². The minimum atomic E-state index is -0.848. The van der Waals surface area contributed by atoms with Crippen molar-refractivity contribution in [2.45, 2.75) is 32.1 Å². The lowest BCUT2D eigenvalue weighted by molar-refractivity contribution is -0.142. The highest BCUT2D eigenvalue weighted by Crippen LogP contribution is 2.38. The summed E-state index contributed by atoms with van der Waals surface area (Å²) in [6.45, 7) is 4.97. The lowest BCUT2D eigenvalue weighted by atomic mass is 9.96. The van der Waals surface area contributed by atoms with E-state index in [0.29, 0.717) is 47.2 Å². The first-order chi connectivity index (χ1) is 21.9. The van der Waals surface area contributed by atoms with Crippen molar-refractivity contribution >= 4 is 28.4 Å². The first-order valence-corrected chi connectivity index (χ1v) is 15.2. The standard InChI is InChI=1S/C35H39FN4O5/c1-4-24(25-8-6-5-7-9-25)21-40(2)35(42)34(41)39-26-10-11-31(28(36)18-26)45-30-14-17-38-29-20-33(32(43-3)19-27(29)30)44-22-23-12-15-37-16-13-23/h5-11,14,17-20,23-24,37H,4,12-13,15-16,21-22H2,1-3H3,(H,39,41). The van der Waals surface area contributed by atoms with Crippen molar-refractivity contribution in [3.63, 3.8) is 0 Å². The zero-order chi connectivity index (χ0) is 31.8. The Hall–Kier alpha value is -4.70. The monoisotopic (exact) mass is 614 g/mol. The first-order valence-electron chi connectivity index (χ1n) is 15.2. The first kappa shape index (κ1) is 31.7. The molecule has 0 bridgehead atoms. The lowest BCUT2D eigenvalue weighted by Gasteiger charge is -2.23. The van der Waals surface area contributed by atoms with Crippen LogP contribution in [0.3, 0.4) is 0 Å². The van der Waals surface area contributed by atoms with E-state index in [0.717, 1.165) is 44.0 Å². The van der Waals surface area contributed by atoms with E-state index in [-0.39, 0.29) is 17.4 Å². The van der Waals surface area contributed by atoms with E-state index in [1.807, 2.05) is 37.3 Å². The summed E-state index contributed by atoms with van der Waals surface area (Å²) in [5.74, 6) is -0.270. The summed E-state index contributed by atoms with van der Waals surface area (Å²) in [4.78, 5) is 31.4. The van der Waals surface area contributed by atoms with Crippen molar-refractivity contribution in [1.29, 1.82) is 0 Å². The summed E-state index contributed by atoms with van der Waals surface area (Å²) in [6, 6.07) is 19.1. The number of amides is 2. The number of fused-ring (bicyclic) bond motifs is 1. The second-order valence-electron chi connectivity index (χ2n) is 11.2. The number of piperidine rings is 1. The zero-order valence-electron chi connectivity index (χ0n) is 25.8. The molecule has 1 aliphatic rings. The van der Waals surface area contributed by atoms with E-state index in [2.05, 4.69) is 15.6 Å². The molecule has 236 valence electrons. The van der Waals surface area contributed by atoms with E-state index in [1.54, 1.807) is 38.6 Å². The molecule has 2 amide bonds. The van der Waals surface area contributed by atoms with E-state index in [1.165, 1.54) is 17.0 Å². The molecule has 0 saturated carbocycles. The molecular weight excluding hydrogens is 575 g/mol. The van der Waals surface area contributed by atoms with Crippen LogP contribution in [0.2, 0.25) is 0 Å². The number of nitrogens with zero attached hydrogens (tertiary/aromatic N) is 2. The van der Waals surface area contributed by atoms with Crippen LogP contribution in [0.4, 0.5) is 10.1 Å². The number of hydrogen-bond donors (Lipinski definition) is 2. The number of carbonyl (C=O) groups excluding carboxylic acids is 2. The van der Waals surface area contributed by atoms with Crippen LogP contribution in [0.1, 0.15) is 37.7 Å². The molecule has 45 heavy (non-hydrogen) atoms. The summed E-state index contributed by atoms with van der Waals surface area (Å²) in [5.41, 5.74) is 1.84. The van der Waals surface area contributed by atoms with Crippen molar-refractivity contribution < 1.29 is 28.2 Å². The smallest absolute Gasteiger partial charge is 0.313 e. The zero-order valence-corrected chi connectivity index (χ0v) is 25.8. The Kier molecular flexibility index (Phi) is 10.5. The van der Waals surface area contributed by atoms with Crippen LogP contribution in [-0.4, -0.2) is 62.1 Å². The van der Waals surface area contributed by atoms with E-state index >= 15 is 4.39 Å². The Morgan fingerprint density at radius 3 is 2.51 bits per heavy atom. The number of anilines is 1. The van der Waals surface area contributed by atoms with Gasteiger partial charge in [0.05, 0.1) is 19.2 Å². The summed E-state index contributed by atoms with van der Waals surface area (Å²) >= 11 is 0. The van der Waals surface area contributed by atoms with Crippen LogP contribution >= 0.6 is 0 Å². The molecule has 10 heteroatoms. The largest absolute Gasteiger partial charge is 0.493 e. The third-order valence-corrected chi connectivity index (χ3v) is 8.13. The number of benzene rings is 3. The Morgan fingerprint density at radius 2 is 1.80 bits per heavy atom. The maximum absolute atomic E-state index is 15.2. The van der Waals surface area contributed by atoms with Crippen LogP contribution in [0, 0.1) is 11.7 Å². The van der Waals surface area contributed by atoms with Gasteiger partial charge < -0.3 is 29.7 Å². The maximum atomic E-state index is 15.2. The highest BCUT2D eigenvalue weighted by Gasteiger charge is 2.23. The molecule has 9 nitrogen and oxygen atoms in total. The van der Waals surface area contributed by atoms with Gasteiger partial charge in [0, 0.05) is 48.9 Å². The van der Waals surface area contributed by atoms with Crippen LogP contribution in [-0.2, 0) is 9.59 Å². The summed E-state index contributed by atoms with van der Waals surface area (Å²) in [7, 11) is 3.15. The predicted octanol–water partition coefficient (Wildman–Crippen LogP) is 6.14. The third-order valence-electron chi connectivity index (χ3n) is 8.13. The van der Waals surface area contributed by atoms with Gasteiger partial charge in [0.25, 0.3) is 0 Å². The molecular formula is C35H39FN4O5. The maximum Gasteiger partial charge on any atom is 0.313 e. The van der Waals surface area contributed by atoms with Crippen molar-refractivity contribution in [3.8, 4) is 23.0 Å². The molecule has 0 aliphatic carbocycles. The van der Waals surface area contributed by atoms with Gasteiger partial charge >= 0.3 is 11.8 Å². The van der Waals surface area contributed by atoms with Crippen molar-refractivity contribution in [3.05, 3.63) is 84.3 Å². The molecule has 3 aromatic carbocycles. The second-order valence-corrected chi connectivity index (χ2v) is 11.2. The number of aromatic nitrogens is 1. The fourth-order valence-electron chi connectivity index (χ4n) is 5.49. The number of pyridine rings is 1. The Bertz CT molecular complexity index is 1630. The predicted molar refractivity (Wildman–Crippen MR) is 172 cm³/mol. The summed E-state index contributed by atoms with van der Waals surface area (Å²) in [5, 5.41) is 6.48. The number of methoxy groups -OCH3 is 1. The van der Waals surface area contributed by atoms with Crippen LogP contribution in [0.25, 0.3) is 10.9 Å². The highest BCUT2D eigenvalue weighted by molar-refractivity contribution is 6.39. The van der Waals surface area contributed by atoms with Crippen molar-refractivity contribution in [1.82, 2.24) is 15.2 Å². The molecule has 1 unspecified atom stereocenters. The van der Waals surface area contributed by atoms with Gasteiger partial charge in [-0.1, -0.05) is 37.3 Å². The normalized spacial score (nSPS) is 14.0. The molecule has 1 aliphatic heterocycles. The molecule has 1 saturated heterocycles. The number of carbonyl (C=O) groups is 2. The Labute approximate surface area is 262 Å². The molecule has 1 atom stereocenters. The molecule has 1 aromatic heterocycles. The molecule has 2 heterocycles. The third kappa shape index (κ3) is 7.88. The number of likely N-dealkylation sites (N-methyl/N-ethyl adjacent to an activating group) is 1. The van der Waals surface area contributed by atoms with Crippen LogP contribution in [0.15, 0.2) is 72.9 Å². The average Bonchev–Trinajstić information content (AvgIpc) is 3.07. The second kappa shape index (κ2) is 14.9. The van der Waals surface area contributed by atoms with E-state index in [9.17, 15) is 9.59 Å². The molecule has 2 N–H and O–H groups in total. The fourth-order valence-corrected chi connectivity index (χ4v) is 5.49. The minimum absolute atomic E-state index is 0.0530. The minimum Gasteiger partial charge on any atom is -0.493 e. The number of ether oxygens (including phenoxy) is 3. The van der Waals surface area contributed by atoms with Gasteiger partial charge in [0.15, 0.2) is 23.1 Å². The van der Waals surface area contributed by atoms with E-state index in [4.69, 9.17) is 14.2 Å². The number of halogens is 1. The van der Waals surface area contributed by atoms with Gasteiger partial charge in [0.1, 0.15) is 5.75 Å². The van der Waals surface area contributed by atoms with Crippen molar-refractivity contribution in [2.75, 3.05) is 45.7 Å². The average molecular weight is 615 g/mol. The quantitative estimate of drug-likeness (QED) is 0.196. The van der Waals surface area contributed by atoms with Gasteiger partial charge in [-0.05, 0) is 68.1 Å². The number of nitrogens with one attached hydrogen (secondary N) is 2. The van der Waals surface area contributed by atoms with Gasteiger partial charge in [-0.3, -0.25) is 14.6 Å². The Morgan fingerprint density at radius 1 is 1.02 bits per heavy atom. The fraction of sp³-hybridized carbons (Fsp3) is 0.343. The molecule has 1 fully saturated rings. The van der Waals surface area contributed by atoms with Crippen molar-refractivity contribution in [2.24, 2.45) is 5.92 Å². The number of rotatable bonds is 11. The topological polar surface area (TPSA) is 102 Å². The van der Waals surface area contributed by atoms with Gasteiger partial charge in [-0.2, -0.15) is 0 Å². The summed E-state index contributed by atoms with van der Waals surface area (Å²) in [6.07, 6.45) is 4.50. The molecule has 5 rings (SSSR count). The van der Waals surface area contributed by atoms with Gasteiger partial charge in [-0.15, -0.1) is 0 Å². The summed E-state index contributed by atoms with van der Waals surface area (Å²) < 4.78 is 32.9.